The van der Waals surface area contributed by atoms with E-state index in [1.165, 1.54) is 6.07 Å². The van der Waals surface area contributed by atoms with Gasteiger partial charge in [-0.2, -0.15) is 0 Å². The Hall–Kier alpha value is -3.22. The first kappa shape index (κ1) is 23.0. The quantitative estimate of drug-likeness (QED) is 0.702. The van der Waals surface area contributed by atoms with Crippen LogP contribution in [0.5, 0.6) is 0 Å². The van der Waals surface area contributed by atoms with E-state index >= 15 is 0 Å². The van der Waals surface area contributed by atoms with E-state index < -0.39 is 0 Å². The summed E-state index contributed by atoms with van der Waals surface area (Å²) in [6, 6.07) is 13.8. The molecule has 0 bridgehead atoms. The number of nitrogens with zero attached hydrogens (tertiary/aromatic N) is 2. The second kappa shape index (κ2) is 10.1. The van der Waals surface area contributed by atoms with Crippen LogP contribution in [0.4, 0.5) is 10.1 Å². The van der Waals surface area contributed by atoms with Crippen molar-refractivity contribution in [2.24, 2.45) is 11.8 Å². The summed E-state index contributed by atoms with van der Waals surface area (Å²) in [6.45, 7) is 1.35. The van der Waals surface area contributed by atoms with Crippen LogP contribution in [0.1, 0.15) is 41.6 Å². The zero-order chi connectivity index (χ0) is 23.4. The fourth-order valence-corrected chi connectivity index (χ4v) is 4.35. The number of para-hydroxylation sites is 1. The van der Waals surface area contributed by atoms with Gasteiger partial charge in [0.05, 0.1) is 11.3 Å². The Kier molecular flexibility index (Phi) is 7.06. The molecule has 0 aromatic heterocycles. The molecule has 2 fully saturated rings. The lowest BCUT2D eigenvalue weighted by atomic mass is 9.95. The smallest absolute Gasteiger partial charge is 0.255 e. The highest BCUT2D eigenvalue weighted by atomic mass is 19.1. The molecule has 0 atom stereocenters. The number of piperidine rings is 1. The molecule has 6 nitrogen and oxygen atoms in total. The minimum atomic E-state index is -0.261. The minimum absolute atomic E-state index is 0.0476. The molecule has 0 spiro atoms. The first-order valence-electron chi connectivity index (χ1n) is 11.6. The topological polar surface area (TPSA) is 69.7 Å². The summed E-state index contributed by atoms with van der Waals surface area (Å²) in [5, 5.41) is 2.90. The molecule has 4 rings (SSSR count). The third-order valence-corrected chi connectivity index (χ3v) is 6.56. The Morgan fingerprint density at radius 2 is 1.64 bits per heavy atom. The van der Waals surface area contributed by atoms with Gasteiger partial charge in [0.1, 0.15) is 5.82 Å². The molecule has 0 radical (unpaired) electrons. The SMILES string of the molecule is CN(C(=O)C1CC1)c1ccccc1C(=O)N1CCC(C(=O)NCCc2ccccc2F)CC1. The van der Waals surface area contributed by atoms with Crippen LogP contribution in [-0.2, 0) is 16.0 Å². The monoisotopic (exact) mass is 451 g/mol. The van der Waals surface area contributed by atoms with E-state index in [0.29, 0.717) is 55.7 Å². The number of hydrogen-bond acceptors (Lipinski definition) is 3. The molecular formula is C26H30FN3O3. The van der Waals surface area contributed by atoms with Gasteiger partial charge in [-0.25, -0.2) is 4.39 Å². The zero-order valence-electron chi connectivity index (χ0n) is 18.9. The lowest BCUT2D eigenvalue weighted by Gasteiger charge is -2.32. The predicted molar refractivity (Wildman–Crippen MR) is 124 cm³/mol. The first-order chi connectivity index (χ1) is 16.0. The van der Waals surface area contributed by atoms with Crippen LogP contribution < -0.4 is 10.2 Å². The highest BCUT2D eigenvalue weighted by Crippen LogP contribution is 2.33. The van der Waals surface area contributed by atoms with Crippen LogP contribution in [-0.4, -0.2) is 49.3 Å². The zero-order valence-corrected chi connectivity index (χ0v) is 18.9. The highest BCUT2D eigenvalue weighted by molar-refractivity contribution is 6.05. The summed E-state index contributed by atoms with van der Waals surface area (Å²) >= 11 is 0. The fraction of sp³-hybridized carbons (Fsp3) is 0.423. The molecule has 33 heavy (non-hydrogen) atoms. The van der Waals surface area contributed by atoms with Crippen molar-refractivity contribution >= 4 is 23.4 Å². The number of likely N-dealkylation sites (tertiary alicyclic amines) is 1. The molecule has 3 amide bonds. The van der Waals surface area contributed by atoms with Crippen molar-refractivity contribution < 1.29 is 18.8 Å². The number of carbonyl (C=O) groups is 3. The molecule has 1 N–H and O–H groups in total. The first-order valence-corrected chi connectivity index (χ1v) is 11.6. The fourth-order valence-electron chi connectivity index (χ4n) is 4.35. The van der Waals surface area contributed by atoms with Gasteiger partial charge >= 0.3 is 0 Å². The number of hydrogen-bond donors (Lipinski definition) is 1. The van der Waals surface area contributed by atoms with Gasteiger partial charge in [-0.3, -0.25) is 14.4 Å². The molecule has 1 saturated carbocycles. The molecule has 1 aliphatic heterocycles. The van der Waals surface area contributed by atoms with Crippen molar-refractivity contribution in [3.05, 3.63) is 65.5 Å². The van der Waals surface area contributed by atoms with Gasteiger partial charge < -0.3 is 15.1 Å². The Labute approximate surface area is 193 Å². The maximum Gasteiger partial charge on any atom is 0.255 e. The highest BCUT2D eigenvalue weighted by Gasteiger charge is 2.34. The maximum absolute atomic E-state index is 13.7. The van der Waals surface area contributed by atoms with E-state index in [2.05, 4.69) is 5.32 Å². The van der Waals surface area contributed by atoms with E-state index in [-0.39, 0.29) is 35.4 Å². The van der Waals surface area contributed by atoms with Gasteiger partial charge in [-0.05, 0) is 55.9 Å². The van der Waals surface area contributed by atoms with Gasteiger partial charge in [0.2, 0.25) is 11.8 Å². The van der Waals surface area contributed by atoms with Crippen molar-refractivity contribution in [2.75, 3.05) is 31.6 Å². The number of nitrogens with one attached hydrogen (secondary N) is 1. The maximum atomic E-state index is 13.7. The summed E-state index contributed by atoms with van der Waals surface area (Å²) in [5.41, 5.74) is 1.73. The average Bonchev–Trinajstić information content (AvgIpc) is 3.69. The van der Waals surface area contributed by atoms with Crippen molar-refractivity contribution in [1.82, 2.24) is 10.2 Å². The number of rotatable bonds is 7. The third-order valence-electron chi connectivity index (χ3n) is 6.56. The molecule has 2 aromatic rings. The minimum Gasteiger partial charge on any atom is -0.356 e. The number of amides is 3. The molecule has 174 valence electrons. The summed E-state index contributed by atoms with van der Waals surface area (Å²) in [4.78, 5) is 41.6. The van der Waals surface area contributed by atoms with Crippen LogP contribution in [0.2, 0.25) is 0 Å². The van der Waals surface area contributed by atoms with Crippen LogP contribution in [0.15, 0.2) is 48.5 Å². The van der Waals surface area contributed by atoms with Crippen LogP contribution in [0.3, 0.4) is 0 Å². The van der Waals surface area contributed by atoms with E-state index in [4.69, 9.17) is 0 Å². The molecule has 0 unspecified atom stereocenters. The second-order valence-corrected chi connectivity index (χ2v) is 8.89. The Bertz CT molecular complexity index is 1030. The van der Waals surface area contributed by atoms with Crippen LogP contribution in [0.25, 0.3) is 0 Å². The Morgan fingerprint density at radius 3 is 2.33 bits per heavy atom. The molecule has 2 aliphatic rings. The standard InChI is InChI=1S/C26H30FN3O3/c1-29(25(32)20-10-11-20)23-9-5-3-7-21(23)26(33)30-16-13-19(14-17-30)24(31)28-15-12-18-6-2-4-8-22(18)27/h2-9,19-20H,10-17H2,1H3,(H,28,31). The van der Waals surface area contributed by atoms with Crippen molar-refractivity contribution in [1.29, 1.82) is 0 Å². The Balaban J connectivity index is 1.30. The largest absolute Gasteiger partial charge is 0.356 e. The molecule has 2 aromatic carbocycles. The van der Waals surface area contributed by atoms with Gasteiger partial charge in [-0.15, -0.1) is 0 Å². The summed E-state index contributed by atoms with van der Waals surface area (Å²) in [6.07, 6.45) is 3.43. The van der Waals surface area contributed by atoms with Gasteiger partial charge in [-0.1, -0.05) is 30.3 Å². The van der Waals surface area contributed by atoms with Crippen molar-refractivity contribution in [2.45, 2.75) is 32.1 Å². The molecular weight excluding hydrogens is 421 g/mol. The number of carbonyl (C=O) groups excluding carboxylic acids is 3. The summed E-state index contributed by atoms with van der Waals surface area (Å²) in [7, 11) is 1.73. The molecule has 1 saturated heterocycles. The van der Waals surface area contributed by atoms with E-state index in [1.54, 1.807) is 41.1 Å². The normalized spacial score (nSPS) is 16.4. The average molecular weight is 452 g/mol. The molecule has 1 heterocycles. The van der Waals surface area contributed by atoms with Crippen LogP contribution >= 0.6 is 0 Å². The number of anilines is 1. The molecule has 7 heteroatoms. The van der Waals surface area contributed by atoms with E-state index in [1.807, 2.05) is 18.2 Å². The van der Waals surface area contributed by atoms with Crippen LogP contribution in [0, 0.1) is 17.7 Å². The van der Waals surface area contributed by atoms with Crippen molar-refractivity contribution in [3.63, 3.8) is 0 Å². The number of benzene rings is 2. The summed E-state index contributed by atoms with van der Waals surface area (Å²) < 4.78 is 13.7. The second-order valence-electron chi connectivity index (χ2n) is 8.89. The summed E-state index contributed by atoms with van der Waals surface area (Å²) in [5.74, 6) is -0.452. The third kappa shape index (κ3) is 5.41. The van der Waals surface area contributed by atoms with Gasteiger partial charge in [0.25, 0.3) is 5.91 Å². The van der Waals surface area contributed by atoms with Gasteiger partial charge in [0.15, 0.2) is 0 Å². The lowest BCUT2D eigenvalue weighted by molar-refractivity contribution is -0.126. The number of halogens is 1. The Morgan fingerprint density at radius 1 is 0.970 bits per heavy atom. The molecule has 1 aliphatic carbocycles. The predicted octanol–water partition coefficient (Wildman–Crippen LogP) is 3.41. The van der Waals surface area contributed by atoms with Crippen molar-refractivity contribution in [3.8, 4) is 0 Å². The van der Waals surface area contributed by atoms with E-state index in [9.17, 15) is 18.8 Å². The van der Waals surface area contributed by atoms with E-state index in [0.717, 1.165) is 12.8 Å². The lowest BCUT2D eigenvalue weighted by Crippen LogP contribution is -2.43. The van der Waals surface area contributed by atoms with Gasteiger partial charge in [0, 0.05) is 38.5 Å².